The van der Waals surface area contributed by atoms with Crippen molar-refractivity contribution in [3.63, 3.8) is 0 Å². The molecule has 0 aliphatic heterocycles. The molecule has 2 aromatic carbocycles. The van der Waals surface area contributed by atoms with E-state index in [0.29, 0.717) is 29.6 Å². The van der Waals surface area contributed by atoms with Gasteiger partial charge in [-0.05, 0) is 43.7 Å². The Kier molecular flexibility index (Phi) is 5.12. The number of nitrogens with one attached hydrogen (secondary N) is 1. The summed E-state index contributed by atoms with van der Waals surface area (Å²) < 4.78 is 11.4. The number of rotatable bonds is 6. The topological polar surface area (TPSA) is 64.4 Å². The van der Waals surface area contributed by atoms with Crippen LogP contribution in [0.25, 0.3) is 22.4 Å². The highest BCUT2D eigenvalue weighted by Crippen LogP contribution is 2.32. The number of aromatic nitrogens is 1. The quantitative estimate of drug-likeness (QED) is 0.474. The number of benzene rings is 2. The number of amides is 1. The monoisotopic (exact) mass is 392 g/mol. The minimum absolute atomic E-state index is 0.0873. The molecule has 2 heterocycles. The molecule has 0 unspecified atom stereocenters. The summed E-state index contributed by atoms with van der Waals surface area (Å²) in [7, 11) is 0. The Labute approximate surface area is 167 Å². The molecule has 0 bridgehead atoms. The lowest BCUT2D eigenvalue weighted by Gasteiger charge is -2.02. The van der Waals surface area contributed by atoms with E-state index in [2.05, 4.69) is 10.3 Å². The second-order valence-electron chi connectivity index (χ2n) is 6.49. The van der Waals surface area contributed by atoms with Gasteiger partial charge in [-0.3, -0.25) is 4.79 Å². The van der Waals surface area contributed by atoms with Crippen molar-refractivity contribution < 1.29 is 13.9 Å². The van der Waals surface area contributed by atoms with Crippen LogP contribution >= 0.6 is 11.3 Å². The predicted octanol–water partition coefficient (Wildman–Crippen LogP) is 5.44. The van der Waals surface area contributed by atoms with Crippen LogP contribution in [0.1, 0.15) is 18.1 Å². The van der Waals surface area contributed by atoms with Crippen molar-refractivity contribution in [2.75, 3.05) is 11.9 Å². The van der Waals surface area contributed by atoms with Gasteiger partial charge in [-0.25, -0.2) is 4.98 Å². The average molecular weight is 392 g/mol. The van der Waals surface area contributed by atoms with Gasteiger partial charge in [0.2, 0.25) is 5.91 Å². The van der Waals surface area contributed by atoms with Crippen LogP contribution < -0.4 is 10.1 Å². The summed E-state index contributed by atoms with van der Waals surface area (Å²) in [6.07, 6.45) is 0.319. The third kappa shape index (κ3) is 4.07. The lowest BCUT2D eigenvalue weighted by molar-refractivity contribution is -0.115. The van der Waals surface area contributed by atoms with E-state index in [9.17, 15) is 4.79 Å². The molecule has 28 heavy (non-hydrogen) atoms. The molecule has 142 valence electrons. The number of hydrogen-bond donors (Lipinski definition) is 1. The SMILES string of the molecule is CCOc1ccc2oc(-c3csc(NC(=O)Cc4ccc(C)cc4)n3)cc2c1. The summed E-state index contributed by atoms with van der Waals surface area (Å²) in [6, 6.07) is 15.6. The highest BCUT2D eigenvalue weighted by atomic mass is 32.1. The van der Waals surface area contributed by atoms with Crippen LogP contribution in [0, 0.1) is 6.92 Å². The average Bonchev–Trinajstić information content (AvgIpc) is 3.30. The molecule has 0 aliphatic carbocycles. The van der Waals surface area contributed by atoms with Crippen molar-refractivity contribution in [1.82, 2.24) is 4.98 Å². The number of thiazole rings is 1. The highest BCUT2D eigenvalue weighted by molar-refractivity contribution is 7.14. The molecule has 0 saturated carbocycles. The zero-order valence-corrected chi connectivity index (χ0v) is 16.5. The maximum atomic E-state index is 12.3. The van der Waals surface area contributed by atoms with Crippen molar-refractivity contribution in [3.05, 3.63) is 65.0 Å². The number of carbonyl (C=O) groups excluding carboxylic acids is 1. The summed E-state index contributed by atoms with van der Waals surface area (Å²) in [5.41, 5.74) is 3.62. The van der Waals surface area contributed by atoms with E-state index < -0.39 is 0 Å². The molecule has 2 aromatic heterocycles. The van der Waals surface area contributed by atoms with E-state index >= 15 is 0 Å². The second kappa shape index (κ2) is 7.86. The van der Waals surface area contributed by atoms with Gasteiger partial charge in [0.05, 0.1) is 13.0 Å². The van der Waals surface area contributed by atoms with E-state index in [1.165, 1.54) is 16.9 Å². The normalized spacial score (nSPS) is 10.9. The minimum Gasteiger partial charge on any atom is -0.494 e. The van der Waals surface area contributed by atoms with Gasteiger partial charge in [0.25, 0.3) is 0 Å². The number of aryl methyl sites for hydroxylation is 1. The van der Waals surface area contributed by atoms with Crippen LogP contribution in [0.4, 0.5) is 5.13 Å². The zero-order valence-electron chi connectivity index (χ0n) is 15.7. The summed E-state index contributed by atoms with van der Waals surface area (Å²) in [5, 5.41) is 6.25. The molecule has 0 aliphatic rings. The van der Waals surface area contributed by atoms with Crippen molar-refractivity contribution in [2.24, 2.45) is 0 Å². The lowest BCUT2D eigenvalue weighted by Crippen LogP contribution is -2.14. The second-order valence-corrected chi connectivity index (χ2v) is 7.35. The van der Waals surface area contributed by atoms with Crippen LogP contribution in [0.3, 0.4) is 0 Å². The maximum Gasteiger partial charge on any atom is 0.230 e. The Morgan fingerprint density at radius 2 is 2.00 bits per heavy atom. The Balaban J connectivity index is 1.47. The third-order valence-electron chi connectivity index (χ3n) is 4.29. The molecule has 0 atom stereocenters. The number of carbonyl (C=O) groups is 1. The molecule has 1 N–H and O–H groups in total. The highest BCUT2D eigenvalue weighted by Gasteiger charge is 2.13. The van der Waals surface area contributed by atoms with E-state index in [1.807, 2.05) is 67.8 Å². The van der Waals surface area contributed by atoms with Gasteiger partial charge in [-0.2, -0.15) is 0 Å². The van der Waals surface area contributed by atoms with Crippen molar-refractivity contribution >= 4 is 33.3 Å². The van der Waals surface area contributed by atoms with E-state index in [4.69, 9.17) is 9.15 Å². The molecule has 5 nitrogen and oxygen atoms in total. The van der Waals surface area contributed by atoms with Crippen LogP contribution in [-0.4, -0.2) is 17.5 Å². The van der Waals surface area contributed by atoms with E-state index in [-0.39, 0.29) is 5.91 Å². The molecular formula is C22H20N2O3S. The molecule has 0 spiro atoms. The van der Waals surface area contributed by atoms with Crippen LogP contribution in [0.5, 0.6) is 5.75 Å². The minimum atomic E-state index is -0.0873. The number of nitrogens with zero attached hydrogens (tertiary/aromatic N) is 1. The van der Waals surface area contributed by atoms with Gasteiger partial charge in [0.15, 0.2) is 10.9 Å². The Morgan fingerprint density at radius 3 is 2.79 bits per heavy atom. The molecule has 0 fully saturated rings. The number of furan rings is 1. The van der Waals surface area contributed by atoms with Crippen LogP contribution in [-0.2, 0) is 11.2 Å². The van der Waals surface area contributed by atoms with Gasteiger partial charge in [0.1, 0.15) is 17.0 Å². The summed E-state index contributed by atoms with van der Waals surface area (Å²) >= 11 is 1.38. The predicted molar refractivity (Wildman–Crippen MR) is 112 cm³/mol. The Hall–Kier alpha value is -3.12. The first-order chi connectivity index (χ1) is 13.6. The van der Waals surface area contributed by atoms with Crippen LogP contribution in [0.2, 0.25) is 0 Å². The largest absolute Gasteiger partial charge is 0.494 e. The van der Waals surface area contributed by atoms with Gasteiger partial charge < -0.3 is 14.5 Å². The molecule has 6 heteroatoms. The van der Waals surface area contributed by atoms with Crippen LogP contribution in [0.15, 0.2) is 58.3 Å². The summed E-state index contributed by atoms with van der Waals surface area (Å²) in [5.74, 6) is 1.39. The van der Waals surface area contributed by atoms with Crippen molar-refractivity contribution in [1.29, 1.82) is 0 Å². The third-order valence-corrected chi connectivity index (χ3v) is 5.04. The first-order valence-corrected chi connectivity index (χ1v) is 9.96. The molecular weight excluding hydrogens is 372 g/mol. The van der Waals surface area contributed by atoms with Gasteiger partial charge in [-0.1, -0.05) is 29.8 Å². The van der Waals surface area contributed by atoms with Gasteiger partial charge >= 0.3 is 0 Å². The summed E-state index contributed by atoms with van der Waals surface area (Å²) in [6.45, 7) is 4.60. The molecule has 0 saturated heterocycles. The molecule has 0 radical (unpaired) electrons. The zero-order chi connectivity index (χ0) is 19.5. The standard InChI is InChI=1S/C22H20N2O3S/c1-3-26-17-8-9-19-16(11-17)12-20(27-19)18-13-28-22(23-18)24-21(25)10-15-6-4-14(2)5-7-15/h4-9,11-13H,3,10H2,1-2H3,(H,23,24,25). The molecule has 4 aromatic rings. The molecule has 4 rings (SSSR count). The van der Waals surface area contributed by atoms with Gasteiger partial charge in [-0.15, -0.1) is 11.3 Å². The fraction of sp³-hybridized carbons (Fsp3) is 0.182. The first kappa shape index (κ1) is 18.3. The van der Waals surface area contributed by atoms with E-state index in [0.717, 1.165) is 22.3 Å². The number of fused-ring (bicyclic) bond motifs is 1. The van der Waals surface area contributed by atoms with Crippen molar-refractivity contribution in [3.8, 4) is 17.2 Å². The lowest BCUT2D eigenvalue weighted by atomic mass is 10.1. The fourth-order valence-electron chi connectivity index (χ4n) is 2.90. The number of anilines is 1. The number of ether oxygens (including phenoxy) is 1. The molecule has 1 amide bonds. The van der Waals surface area contributed by atoms with Crippen molar-refractivity contribution in [2.45, 2.75) is 20.3 Å². The van der Waals surface area contributed by atoms with Gasteiger partial charge in [0, 0.05) is 10.8 Å². The summed E-state index contributed by atoms with van der Waals surface area (Å²) in [4.78, 5) is 16.8. The number of hydrogen-bond acceptors (Lipinski definition) is 5. The Morgan fingerprint density at radius 1 is 1.18 bits per heavy atom. The fourth-order valence-corrected chi connectivity index (χ4v) is 3.62. The van der Waals surface area contributed by atoms with E-state index in [1.54, 1.807) is 0 Å². The Bertz CT molecular complexity index is 1110. The first-order valence-electron chi connectivity index (χ1n) is 9.08. The maximum absolute atomic E-state index is 12.3. The smallest absolute Gasteiger partial charge is 0.230 e.